The Labute approximate surface area is 183 Å². The number of methoxy groups -OCH3 is 1. The van der Waals surface area contributed by atoms with E-state index in [1.807, 2.05) is 69.3 Å². The zero-order chi connectivity index (χ0) is 21.0. The van der Waals surface area contributed by atoms with Crippen LogP contribution in [0.2, 0.25) is 0 Å². The van der Waals surface area contributed by atoms with Crippen molar-refractivity contribution in [1.82, 2.24) is 4.90 Å². The smallest absolute Gasteiger partial charge is 0.266 e. The van der Waals surface area contributed by atoms with Gasteiger partial charge in [-0.15, -0.1) is 0 Å². The molecule has 152 valence electrons. The number of rotatable bonds is 6. The first kappa shape index (κ1) is 21.5. The predicted molar refractivity (Wildman–Crippen MR) is 123 cm³/mol. The highest BCUT2D eigenvalue weighted by Gasteiger charge is 2.32. The standard InChI is InChI=1S/C22H23BrN2O3S/c1-5-25-21(26)20(13-15-6-11-19(18(23)12-15)28-14(2)3)29-22(25)24-16-7-9-17(27-4)10-8-16/h6-14H,5H2,1-4H3/b20-13+,24-22?. The Morgan fingerprint density at radius 3 is 2.52 bits per heavy atom. The fourth-order valence-electron chi connectivity index (χ4n) is 2.75. The summed E-state index contributed by atoms with van der Waals surface area (Å²) in [6.07, 6.45) is 1.98. The number of benzene rings is 2. The molecule has 0 aromatic heterocycles. The minimum absolute atomic E-state index is 0.0385. The molecule has 1 amide bonds. The first-order valence-electron chi connectivity index (χ1n) is 9.31. The summed E-state index contributed by atoms with van der Waals surface area (Å²) in [5, 5.41) is 0.674. The quantitative estimate of drug-likeness (QED) is 0.491. The molecule has 1 saturated heterocycles. The molecule has 0 N–H and O–H groups in total. The molecule has 1 aliphatic rings. The lowest BCUT2D eigenvalue weighted by molar-refractivity contribution is -0.122. The van der Waals surface area contributed by atoms with E-state index >= 15 is 0 Å². The second-order valence-electron chi connectivity index (χ2n) is 6.61. The van der Waals surface area contributed by atoms with Gasteiger partial charge in [0.2, 0.25) is 0 Å². The van der Waals surface area contributed by atoms with Gasteiger partial charge in [-0.2, -0.15) is 0 Å². The van der Waals surface area contributed by atoms with E-state index in [9.17, 15) is 4.79 Å². The molecular formula is C22H23BrN2O3S. The Kier molecular flexibility index (Phi) is 7.03. The van der Waals surface area contributed by atoms with Crippen LogP contribution in [0.4, 0.5) is 5.69 Å². The van der Waals surface area contributed by atoms with Crippen LogP contribution in [0, 0.1) is 0 Å². The van der Waals surface area contributed by atoms with Crippen LogP contribution in [-0.4, -0.2) is 35.7 Å². The number of amidine groups is 1. The molecule has 0 aliphatic carbocycles. The van der Waals surface area contributed by atoms with Gasteiger partial charge in [-0.3, -0.25) is 9.69 Å². The molecule has 0 unspecified atom stereocenters. The molecule has 0 spiro atoms. The minimum atomic E-state index is -0.0385. The van der Waals surface area contributed by atoms with Crippen molar-refractivity contribution in [2.45, 2.75) is 26.9 Å². The maximum atomic E-state index is 12.8. The Morgan fingerprint density at radius 2 is 1.93 bits per heavy atom. The molecule has 3 rings (SSSR count). The van der Waals surface area contributed by atoms with Crippen molar-refractivity contribution in [3.05, 3.63) is 57.4 Å². The predicted octanol–water partition coefficient (Wildman–Crippen LogP) is 5.87. The molecule has 1 heterocycles. The van der Waals surface area contributed by atoms with Gasteiger partial charge < -0.3 is 9.47 Å². The van der Waals surface area contributed by atoms with Crippen molar-refractivity contribution in [2.24, 2.45) is 4.99 Å². The second kappa shape index (κ2) is 9.50. The van der Waals surface area contributed by atoms with Gasteiger partial charge in [0.05, 0.1) is 28.3 Å². The first-order chi connectivity index (χ1) is 13.9. The van der Waals surface area contributed by atoms with Gasteiger partial charge in [0, 0.05) is 6.54 Å². The third-order valence-electron chi connectivity index (χ3n) is 4.12. The average molecular weight is 475 g/mol. The number of hydrogen-bond acceptors (Lipinski definition) is 5. The number of ether oxygens (including phenoxy) is 2. The summed E-state index contributed by atoms with van der Waals surface area (Å²) in [6, 6.07) is 13.3. The van der Waals surface area contributed by atoms with E-state index in [-0.39, 0.29) is 12.0 Å². The zero-order valence-electron chi connectivity index (χ0n) is 16.8. The van der Waals surface area contributed by atoms with Crippen molar-refractivity contribution in [3.8, 4) is 11.5 Å². The van der Waals surface area contributed by atoms with Gasteiger partial charge in [0.25, 0.3) is 5.91 Å². The summed E-state index contributed by atoms with van der Waals surface area (Å²) < 4.78 is 11.8. The Bertz CT molecular complexity index is 955. The summed E-state index contributed by atoms with van der Waals surface area (Å²) >= 11 is 4.92. The number of amides is 1. The van der Waals surface area contributed by atoms with Crippen molar-refractivity contribution in [2.75, 3.05) is 13.7 Å². The van der Waals surface area contributed by atoms with E-state index in [1.54, 1.807) is 12.0 Å². The third-order valence-corrected chi connectivity index (χ3v) is 5.74. The zero-order valence-corrected chi connectivity index (χ0v) is 19.2. The molecule has 0 atom stereocenters. The van der Waals surface area contributed by atoms with E-state index in [1.165, 1.54) is 11.8 Å². The Balaban J connectivity index is 1.86. The van der Waals surface area contributed by atoms with Crippen LogP contribution in [0.5, 0.6) is 11.5 Å². The van der Waals surface area contributed by atoms with Crippen molar-refractivity contribution < 1.29 is 14.3 Å². The Hall–Kier alpha value is -2.25. The van der Waals surface area contributed by atoms with E-state index in [0.29, 0.717) is 16.6 Å². The first-order valence-corrected chi connectivity index (χ1v) is 10.9. The van der Waals surface area contributed by atoms with Crippen LogP contribution in [0.3, 0.4) is 0 Å². The highest BCUT2D eigenvalue weighted by atomic mass is 79.9. The third kappa shape index (κ3) is 5.22. The van der Waals surface area contributed by atoms with Crippen LogP contribution < -0.4 is 9.47 Å². The van der Waals surface area contributed by atoms with E-state index in [4.69, 9.17) is 9.47 Å². The molecule has 29 heavy (non-hydrogen) atoms. The molecule has 2 aromatic carbocycles. The van der Waals surface area contributed by atoms with Crippen LogP contribution in [-0.2, 0) is 4.79 Å². The topological polar surface area (TPSA) is 51.1 Å². The Morgan fingerprint density at radius 1 is 1.21 bits per heavy atom. The molecule has 0 saturated carbocycles. The number of halogens is 1. The molecule has 0 bridgehead atoms. The molecule has 0 radical (unpaired) electrons. The molecule has 5 nitrogen and oxygen atoms in total. The van der Waals surface area contributed by atoms with Crippen LogP contribution in [0.15, 0.2) is 56.8 Å². The number of thioether (sulfide) groups is 1. The van der Waals surface area contributed by atoms with Gasteiger partial charge in [0.1, 0.15) is 11.5 Å². The fraction of sp³-hybridized carbons (Fsp3) is 0.273. The lowest BCUT2D eigenvalue weighted by Crippen LogP contribution is -2.28. The summed E-state index contributed by atoms with van der Waals surface area (Å²) in [7, 11) is 1.63. The van der Waals surface area contributed by atoms with Crippen LogP contribution in [0.1, 0.15) is 26.3 Å². The largest absolute Gasteiger partial charge is 0.497 e. The summed E-state index contributed by atoms with van der Waals surface area (Å²) in [5.41, 5.74) is 1.70. The SMILES string of the molecule is CCN1C(=O)/C(=C\c2ccc(OC(C)C)c(Br)c2)SC1=Nc1ccc(OC)cc1. The lowest BCUT2D eigenvalue weighted by Gasteiger charge is -2.12. The number of carbonyl (C=O) groups is 1. The lowest BCUT2D eigenvalue weighted by atomic mass is 10.2. The van der Waals surface area contributed by atoms with Gasteiger partial charge in [-0.1, -0.05) is 6.07 Å². The maximum Gasteiger partial charge on any atom is 0.266 e. The van der Waals surface area contributed by atoms with E-state index in [0.717, 1.165) is 27.2 Å². The van der Waals surface area contributed by atoms with Crippen LogP contribution >= 0.6 is 27.7 Å². The number of aliphatic imine (C=N–C) groups is 1. The summed E-state index contributed by atoms with van der Waals surface area (Å²) in [6.45, 7) is 6.47. The summed E-state index contributed by atoms with van der Waals surface area (Å²) in [5.74, 6) is 1.51. The van der Waals surface area contributed by atoms with Crippen molar-refractivity contribution >= 4 is 50.5 Å². The van der Waals surface area contributed by atoms with Gasteiger partial charge in [-0.05, 0) is 96.5 Å². The fourth-order valence-corrected chi connectivity index (χ4v) is 4.30. The normalized spacial score (nSPS) is 16.9. The van der Waals surface area contributed by atoms with Crippen molar-refractivity contribution in [1.29, 1.82) is 0 Å². The monoisotopic (exact) mass is 474 g/mol. The van der Waals surface area contributed by atoms with E-state index < -0.39 is 0 Å². The number of carbonyl (C=O) groups excluding carboxylic acids is 1. The maximum absolute atomic E-state index is 12.8. The van der Waals surface area contributed by atoms with Gasteiger partial charge >= 0.3 is 0 Å². The average Bonchev–Trinajstić information content (AvgIpc) is 2.98. The number of hydrogen-bond donors (Lipinski definition) is 0. The molecule has 1 aliphatic heterocycles. The molecule has 7 heteroatoms. The van der Waals surface area contributed by atoms with Gasteiger partial charge in [-0.25, -0.2) is 4.99 Å². The van der Waals surface area contributed by atoms with E-state index in [2.05, 4.69) is 20.9 Å². The second-order valence-corrected chi connectivity index (χ2v) is 8.47. The molecule has 2 aromatic rings. The van der Waals surface area contributed by atoms with Crippen LogP contribution in [0.25, 0.3) is 6.08 Å². The molecule has 1 fully saturated rings. The van der Waals surface area contributed by atoms with Crippen molar-refractivity contribution in [3.63, 3.8) is 0 Å². The molecular weight excluding hydrogens is 452 g/mol. The van der Waals surface area contributed by atoms with Gasteiger partial charge in [0.15, 0.2) is 5.17 Å². The highest BCUT2D eigenvalue weighted by Crippen LogP contribution is 2.35. The minimum Gasteiger partial charge on any atom is -0.497 e. The summed E-state index contributed by atoms with van der Waals surface area (Å²) in [4.78, 5) is 19.8. The number of nitrogens with zero attached hydrogens (tertiary/aromatic N) is 2. The highest BCUT2D eigenvalue weighted by molar-refractivity contribution is 9.10. The number of likely N-dealkylation sites (N-methyl/N-ethyl adjacent to an activating group) is 1.